The molecule has 0 bridgehead atoms. The van der Waals surface area contributed by atoms with E-state index < -0.39 is 11.9 Å². The van der Waals surface area contributed by atoms with Crippen LogP contribution in [0.3, 0.4) is 0 Å². The number of aromatic nitrogens is 1. The van der Waals surface area contributed by atoms with Gasteiger partial charge in [0.25, 0.3) is 0 Å². The van der Waals surface area contributed by atoms with E-state index in [4.69, 9.17) is 4.52 Å². The fraction of sp³-hybridized carbons (Fsp3) is 0.333. The van der Waals surface area contributed by atoms with Crippen LogP contribution in [0.4, 0.5) is 4.39 Å². The van der Waals surface area contributed by atoms with Gasteiger partial charge < -0.3 is 19.8 Å². The number of hydrogen-bond acceptors (Lipinski definition) is 4. The van der Waals surface area contributed by atoms with Gasteiger partial charge in [0.05, 0.1) is 12.6 Å². The molecule has 2 N–H and O–H groups in total. The Labute approximate surface area is 151 Å². The normalized spacial score (nSPS) is 12.4. The molecule has 1 aromatic heterocycles. The van der Waals surface area contributed by atoms with Crippen LogP contribution < -0.4 is 5.32 Å². The Bertz CT molecular complexity index is 622. The van der Waals surface area contributed by atoms with Crippen LogP contribution in [0.1, 0.15) is 17.4 Å². The highest BCUT2D eigenvalue weighted by Crippen LogP contribution is 2.15. The van der Waals surface area contributed by atoms with Gasteiger partial charge in [-0.3, -0.25) is 4.99 Å². The van der Waals surface area contributed by atoms with Crippen LogP contribution in [-0.2, 0) is 6.54 Å². The predicted octanol–water partition coefficient (Wildman–Crippen LogP) is 2.17. The van der Waals surface area contributed by atoms with Gasteiger partial charge in [-0.1, -0.05) is 23.4 Å². The van der Waals surface area contributed by atoms with Crippen molar-refractivity contribution >= 4 is 29.9 Å². The number of aliphatic hydroxyl groups excluding tert-OH is 1. The zero-order valence-electron chi connectivity index (χ0n) is 12.9. The number of rotatable bonds is 5. The van der Waals surface area contributed by atoms with E-state index in [9.17, 15) is 9.50 Å². The molecule has 0 aliphatic rings. The average Bonchev–Trinajstić information content (AvgIpc) is 3.01. The van der Waals surface area contributed by atoms with Gasteiger partial charge in [-0.05, 0) is 6.07 Å². The van der Waals surface area contributed by atoms with Crippen molar-refractivity contribution in [2.24, 2.45) is 4.99 Å². The van der Waals surface area contributed by atoms with Crippen LogP contribution >= 0.6 is 24.0 Å². The quantitative estimate of drug-likeness (QED) is 0.429. The highest BCUT2D eigenvalue weighted by atomic mass is 127. The van der Waals surface area contributed by atoms with Crippen LogP contribution in [-0.4, -0.2) is 41.8 Å². The summed E-state index contributed by atoms with van der Waals surface area (Å²) in [6.07, 6.45) is 0.541. The van der Waals surface area contributed by atoms with E-state index in [2.05, 4.69) is 15.5 Å². The SMILES string of the molecule is CN=C(NCC(O)c1ccccc1F)N(C)Cc1ccon1.I. The molecule has 0 fully saturated rings. The predicted molar refractivity (Wildman–Crippen MR) is 96.1 cm³/mol. The molecule has 1 atom stereocenters. The number of nitrogens with one attached hydrogen (secondary N) is 1. The molecule has 1 unspecified atom stereocenters. The summed E-state index contributed by atoms with van der Waals surface area (Å²) in [5, 5.41) is 16.9. The van der Waals surface area contributed by atoms with Gasteiger partial charge in [0.1, 0.15) is 17.8 Å². The van der Waals surface area contributed by atoms with Gasteiger partial charge >= 0.3 is 0 Å². The Morgan fingerprint density at radius 1 is 1.43 bits per heavy atom. The van der Waals surface area contributed by atoms with Gasteiger partial charge in [0.15, 0.2) is 5.96 Å². The molecule has 0 saturated carbocycles. The van der Waals surface area contributed by atoms with E-state index in [1.54, 1.807) is 31.3 Å². The lowest BCUT2D eigenvalue weighted by Gasteiger charge is -2.22. The van der Waals surface area contributed by atoms with Gasteiger partial charge in [0, 0.05) is 32.3 Å². The Hall–Kier alpha value is -1.68. The lowest BCUT2D eigenvalue weighted by atomic mass is 10.1. The Morgan fingerprint density at radius 2 is 2.17 bits per heavy atom. The van der Waals surface area contributed by atoms with Crippen molar-refractivity contribution in [2.75, 3.05) is 20.6 Å². The fourth-order valence-electron chi connectivity index (χ4n) is 2.06. The molecule has 1 aromatic carbocycles. The number of hydrogen-bond donors (Lipinski definition) is 2. The van der Waals surface area contributed by atoms with Crippen molar-refractivity contribution in [3.8, 4) is 0 Å². The number of guanidine groups is 1. The molecule has 1 heterocycles. The van der Waals surface area contributed by atoms with E-state index >= 15 is 0 Å². The maximum atomic E-state index is 13.6. The minimum absolute atomic E-state index is 0. The summed E-state index contributed by atoms with van der Waals surface area (Å²) in [6, 6.07) is 7.92. The first-order valence-electron chi connectivity index (χ1n) is 6.85. The van der Waals surface area contributed by atoms with Crippen LogP contribution in [0, 0.1) is 5.82 Å². The van der Waals surface area contributed by atoms with E-state index in [1.807, 2.05) is 11.9 Å². The van der Waals surface area contributed by atoms with Crippen molar-refractivity contribution in [3.05, 3.63) is 53.7 Å². The average molecular weight is 434 g/mol. The summed E-state index contributed by atoms with van der Waals surface area (Å²) in [5.74, 6) is 0.140. The summed E-state index contributed by atoms with van der Waals surface area (Å²) >= 11 is 0. The molecule has 0 saturated heterocycles. The number of benzene rings is 1. The highest BCUT2D eigenvalue weighted by Gasteiger charge is 2.14. The largest absolute Gasteiger partial charge is 0.386 e. The second kappa shape index (κ2) is 9.46. The van der Waals surface area contributed by atoms with E-state index in [1.165, 1.54) is 12.3 Å². The fourth-order valence-corrected chi connectivity index (χ4v) is 2.06. The first kappa shape index (κ1) is 19.4. The summed E-state index contributed by atoms with van der Waals surface area (Å²) < 4.78 is 18.4. The van der Waals surface area contributed by atoms with Gasteiger partial charge in [-0.25, -0.2) is 4.39 Å². The Morgan fingerprint density at radius 3 is 2.78 bits per heavy atom. The minimum Gasteiger partial charge on any atom is -0.386 e. The zero-order chi connectivity index (χ0) is 15.9. The molecule has 0 aliphatic heterocycles. The van der Waals surface area contributed by atoms with Crippen molar-refractivity contribution in [3.63, 3.8) is 0 Å². The molecular formula is C15H20FIN4O2. The molecule has 0 radical (unpaired) electrons. The second-order valence-electron chi connectivity index (χ2n) is 4.81. The number of aliphatic hydroxyl groups is 1. The van der Waals surface area contributed by atoms with E-state index in [0.717, 1.165) is 5.69 Å². The summed E-state index contributed by atoms with van der Waals surface area (Å²) in [4.78, 5) is 5.95. The Kier molecular flexibility index (Phi) is 7.96. The molecule has 2 aromatic rings. The molecule has 23 heavy (non-hydrogen) atoms. The third kappa shape index (κ3) is 5.47. The van der Waals surface area contributed by atoms with Gasteiger partial charge in [-0.15, -0.1) is 24.0 Å². The second-order valence-corrected chi connectivity index (χ2v) is 4.81. The molecule has 0 spiro atoms. The molecule has 0 amide bonds. The first-order valence-corrected chi connectivity index (χ1v) is 6.85. The Balaban J connectivity index is 0.00000264. The molecule has 6 nitrogen and oxygen atoms in total. The smallest absolute Gasteiger partial charge is 0.193 e. The highest BCUT2D eigenvalue weighted by molar-refractivity contribution is 14.0. The van der Waals surface area contributed by atoms with Crippen molar-refractivity contribution < 1.29 is 14.0 Å². The third-order valence-corrected chi connectivity index (χ3v) is 3.18. The topological polar surface area (TPSA) is 73.9 Å². The number of nitrogens with zero attached hydrogens (tertiary/aromatic N) is 3. The molecule has 2 rings (SSSR count). The molecule has 8 heteroatoms. The summed E-state index contributed by atoms with van der Waals surface area (Å²) in [5.41, 5.74) is 1.02. The lowest BCUT2D eigenvalue weighted by molar-refractivity contribution is 0.175. The maximum Gasteiger partial charge on any atom is 0.193 e. The summed E-state index contributed by atoms with van der Waals surface area (Å²) in [6.45, 7) is 0.655. The zero-order valence-corrected chi connectivity index (χ0v) is 15.3. The van der Waals surface area contributed by atoms with Crippen LogP contribution in [0.2, 0.25) is 0 Å². The van der Waals surface area contributed by atoms with E-state index in [0.29, 0.717) is 12.5 Å². The molecular weight excluding hydrogens is 414 g/mol. The summed E-state index contributed by atoms with van der Waals surface area (Å²) in [7, 11) is 3.47. The van der Waals surface area contributed by atoms with Crippen LogP contribution in [0.25, 0.3) is 0 Å². The van der Waals surface area contributed by atoms with Crippen molar-refractivity contribution in [1.29, 1.82) is 0 Å². The van der Waals surface area contributed by atoms with Crippen LogP contribution in [0.15, 0.2) is 46.1 Å². The van der Waals surface area contributed by atoms with Crippen LogP contribution in [0.5, 0.6) is 0 Å². The number of halogens is 2. The first-order chi connectivity index (χ1) is 10.6. The van der Waals surface area contributed by atoms with Crippen molar-refractivity contribution in [1.82, 2.24) is 15.4 Å². The molecule has 0 aliphatic carbocycles. The van der Waals surface area contributed by atoms with Gasteiger partial charge in [-0.2, -0.15) is 0 Å². The standard InChI is InChI=1S/C15H19FN4O2.HI/c1-17-15(20(2)10-11-7-8-22-19-11)18-9-14(21)12-5-3-4-6-13(12)16;/h3-8,14,21H,9-10H2,1-2H3,(H,17,18);1H. The minimum atomic E-state index is -0.960. The third-order valence-electron chi connectivity index (χ3n) is 3.18. The van der Waals surface area contributed by atoms with E-state index in [-0.39, 0.29) is 36.1 Å². The van der Waals surface area contributed by atoms with Gasteiger partial charge in [0.2, 0.25) is 0 Å². The molecule has 126 valence electrons. The number of aliphatic imine (C=N–C) groups is 1. The monoisotopic (exact) mass is 434 g/mol. The van der Waals surface area contributed by atoms with Crippen molar-refractivity contribution in [2.45, 2.75) is 12.6 Å². The maximum absolute atomic E-state index is 13.6. The lowest BCUT2D eigenvalue weighted by Crippen LogP contribution is -2.40.